The van der Waals surface area contributed by atoms with E-state index in [1.807, 2.05) is 13.8 Å². The summed E-state index contributed by atoms with van der Waals surface area (Å²) >= 11 is 1.24. The Labute approximate surface area is 182 Å². The van der Waals surface area contributed by atoms with Gasteiger partial charge in [0.1, 0.15) is 29.9 Å². The summed E-state index contributed by atoms with van der Waals surface area (Å²) in [4.78, 5) is 13.0. The molecule has 0 aliphatic carbocycles. The fourth-order valence-electron chi connectivity index (χ4n) is 4.01. The summed E-state index contributed by atoms with van der Waals surface area (Å²) in [6, 6.07) is -0.936. The molecule has 0 radical (unpaired) electrons. The summed E-state index contributed by atoms with van der Waals surface area (Å²) in [5.74, 6) is -0.0466. The molecule has 1 amide bonds. The number of aliphatic hydroxyl groups excluding tert-OH is 3. The highest BCUT2D eigenvalue weighted by molar-refractivity contribution is 7.99. The van der Waals surface area contributed by atoms with Gasteiger partial charge in [0.05, 0.1) is 18.8 Å². The second kappa shape index (κ2) is 12.5. The zero-order valence-electron chi connectivity index (χ0n) is 18.0. The molecule has 2 saturated heterocycles. The first-order chi connectivity index (χ1) is 14.3. The summed E-state index contributed by atoms with van der Waals surface area (Å²) in [5, 5.41) is 37.0. The first-order valence-electron chi connectivity index (χ1n) is 10.7. The highest BCUT2D eigenvalue weighted by atomic mass is 32.2. The van der Waals surface area contributed by atoms with E-state index in [1.165, 1.54) is 11.8 Å². The second-order valence-electron chi connectivity index (χ2n) is 8.47. The molecule has 176 valence electrons. The molecule has 0 aromatic carbocycles. The van der Waals surface area contributed by atoms with Crippen molar-refractivity contribution in [1.82, 2.24) is 10.6 Å². The Kier molecular flexibility index (Phi) is 10.8. The van der Waals surface area contributed by atoms with Crippen LogP contribution in [0.5, 0.6) is 0 Å². The van der Waals surface area contributed by atoms with Crippen LogP contribution >= 0.6 is 11.8 Å². The molecule has 2 fully saturated rings. The normalized spacial score (nSPS) is 35.9. The van der Waals surface area contributed by atoms with Gasteiger partial charge in [-0.15, -0.1) is 11.8 Å². The van der Waals surface area contributed by atoms with Crippen LogP contribution in [0.4, 0.5) is 4.39 Å². The lowest BCUT2D eigenvalue weighted by Gasteiger charge is -2.44. The van der Waals surface area contributed by atoms with Gasteiger partial charge in [-0.25, -0.2) is 0 Å². The average Bonchev–Trinajstić information content (AvgIpc) is 2.74. The fraction of sp³-hybridized carbons (Fsp3) is 0.950. The Morgan fingerprint density at radius 1 is 1.30 bits per heavy atom. The van der Waals surface area contributed by atoms with Crippen LogP contribution in [0.25, 0.3) is 0 Å². The van der Waals surface area contributed by atoms with Crippen LogP contribution < -0.4 is 10.6 Å². The number of ether oxygens (including phenoxy) is 2. The molecule has 5 N–H and O–H groups in total. The van der Waals surface area contributed by atoms with Crippen molar-refractivity contribution in [2.45, 2.75) is 75.0 Å². The van der Waals surface area contributed by atoms with Crippen molar-refractivity contribution in [2.75, 3.05) is 32.7 Å². The van der Waals surface area contributed by atoms with Crippen LogP contribution in [0.3, 0.4) is 0 Å². The van der Waals surface area contributed by atoms with Crippen molar-refractivity contribution in [2.24, 2.45) is 11.8 Å². The quantitative estimate of drug-likeness (QED) is 0.295. The first kappa shape index (κ1) is 25.8. The molecule has 0 aromatic heterocycles. The van der Waals surface area contributed by atoms with E-state index in [2.05, 4.69) is 10.6 Å². The standard InChI is InChI=1S/C20H37FN2O6S/c1-11(2)14(18-16(25)15(24)17(26)20(29-18)30-3)23-19(27)13-9-12(5-7-22-13)10-28-8-4-6-21/h11-18,20,22,24-26H,4-10H2,1-3H3,(H,23,27)/t12-,13+,14-,15+,16-,17-,18-,20-/m1/s1. The van der Waals surface area contributed by atoms with Crippen molar-refractivity contribution < 1.29 is 34.0 Å². The lowest BCUT2D eigenvalue weighted by Crippen LogP contribution is -2.65. The second-order valence-corrected chi connectivity index (χ2v) is 9.41. The Morgan fingerprint density at radius 3 is 2.67 bits per heavy atom. The van der Waals surface area contributed by atoms with Crippen molar-refractivity contribution in [3.8, 4) is 0 Å². The number of carbonyl (C=O) groups excluding carboxylic acids is 1. The van der Waals surface area contributed by atoms with Gasteiger partial charge in [0, 0.05) is 13.2 Å². The van der Waals surface area contributed by atoms with E-state index in [0.29, 0.717) is 32.6 Å². The molecule has 0 bridgehead atoms. The minimum atomic E-state index is -1.35. The van der Waals surface area contributed by atoms with E-state index < -0.39 is 48.6 Å². The van der Waals surface area contributed by atoms with Gasteiger partial charge in [0.15, 0.2) is 0 Å². The van der Waals surface area contributed by atoms with E-state index in [9.17, 15) is 24.5 Å². The van der Waals surface area contributed by atoms with Gasteiger partial charge in [-0.3, -0.25) is 9.18 Å². The lowest BCUT2D eigenvalue weighted by atomic mass is 9.88. The maximum absolute atomic E-state index is 13.0. The number of hydrogen-bond donors (Lipinski definition) is 5. The number of alkyl halides is 1. The van der Waals surface area contributed by atoms with Crippen molar-refractivity contribution in [1.29, 1.82) is 0 Å². The van der Waals surface area contributed by atoms with Gasteiger partial charge in [-0.2, -0.15) is 0 Å². The number of piperidine rings is 1. The molecular formula is C20H37FN2O6S. The van der Waals surface area contributed by atoms with Gasteiger partial charge < -0.3 is 35.4 Å². The lowest BCUT2D eigenvalue weighted by molar-refractivity contribution is -0.208. The molecule has 8 atom stereocenters. The van der Waals surface area contributed by atoms with E-state index in [4.69, 9.17) is 9.47 Å². The Balaban J connectivity index is 1.97. The number of amides is 1. The van der Waals surface area contributed by atoms with E-state index >= 15 is 0 Å². The van der Waals surface area contributed by atoms with E-state index in [-0.39, 0.29) is 17.7 Å². The van der Waals surface area contributed by atoms with E-state index in [0.717, 1.165) is 6.42 Å². The minimum absolute atomic E-state index is 0.0676. The van der Waals surface area contributed by atoms with Crippen molar-refractivity contribution in [3.05, 3.63) is 0 Å². The smallest absolute Gasteiger partial charge is 0.237 e. The van der Waals surface area contributed by atoms with Gasteiger partial charge in [-0.05, 0) is 43.9 Å². The highest BCUT2D eigenvalue weighted by Gasteiger charge is 2.47. The zero-order valence-corrected chi connectivity index (χ0v) is 18.8. The third kappa shape index (κ3) is 6.75. The largest absolute Gasteiger partial charge is 0.388 e. The number of hydrogen-bond acceptors (Lipinski definition) is 8. The van der Waals surface area contributed by atoms with Crippen LogP contribution in [0.15, 0.2) is 0 Å². The SMILES string of the molecule is CS[C@H]1O[C@H]([C@H](NC(=O)[C@@H]2C[C@H](COCCCF)CCN2)C(C)C)[C@H](O)[C@H](O)[C@H]1O. The first-order valence-corrected chi connectivity index (χ1v) is 12.0. The molecule has 2 aliphatic rings. The molecule has 0 spiro atoms. The third-order valence-electron chi connectivity index (χ3n) is 5.82. The maximum atomic E-state index is 13.0. The molecule has 0 saturated carbocycles. The molecule has 2 heterocycles. The summed E-state index contributed by atoms with van der Waals surface area (Å²) < 4.78 is 23.6. The number of nitrogens with one attached hydrogen (secondary N) is 2. The number of rotatable bonds is 10. The summed E-state index contributed by atoms with van der Waals surface area (Å²) in [6.45, 7) is 4.98. The van der Waals surface area contributed by atoms with Gasteiger partial charge >= 0.3 is 0 Å². The van der Waals surface area contributed by atoms with Crippen molar-refractivity contribution >= 4 is 17.7 Å². The van der Waals surface area contributed by atoms with Crippen LogP contribution in [-0.2, 0) is 14.3 Å². The molecule has 10 heteroatoms. The molecule has 2 rings (SSSR count). The topological polar surface area (TPSA) is 120 Å². The molecule has 0 aromatic rings. The van der Waals surface area contributed by atoms with E-state index in [1.54, 1.807) is 6.26 Å². The highest BCUT2D eigenvalue weighted by Crippen LogP contribution is 2.30. The number of thioether (sulfide) groups is 1. The monoisotopic (exact) mass is 452 g/mol. The summed E-state index contributed by atoms with van der Waals surface area (Å²) in [5.41, 5.74) is -0.690. The number of aliphatic hydroxyl groups is 3. The maximum Gasteiger partial charge on any atom is 0.237 e. The van der Waals surface area contributed by atoms with Gasteiger partial charge in [0.25, 0.3) is 0 Å². The van der Waals surface area contributed by atoms with Crippen molar-refractivity contribution in [3.63, 3.8) is 0 Å². The van der Waals surface area contributed by atoms with Crippen LogP contribution in [0.1, 0.15) is 33.1 Å². The third-order valence-corrected chi connectivity index (χ3v) is 6.68. The Morgan fingerprint density at radius 2 is 2.03 bits per heavy atom. The number of carbonyl (C=O) groups is 1. The minimum Gasteiger partial charge on any atom is -0.388 e. The van der Waals surface area contributed by atoms with Crippen LogP contribution in [-0.4, -0.2) is 95.9 Å². The van der Waals surface area contributed by atoms with Crippen LogP contribution in [0, 0.1) is 11.8 Å². The Bertz CT molecular complexity index is 530. The summed E-state index contributed by atoms with van der Waals surface area (Å²) in [6.07, 6.45) is -1.08. The predicted octanol–water partition coefficient (Wildman–Crippen LogP) is 0.0422. The average molecular weight is 453 g/mol. The molecule has 2 aliphatic heterocycles. The molecule has 30 heavy (non-hydrogen) atoms. The summed E-state index contributed by atoms with van der Waals surface area (Å²) in [7, 11) is 0. The number of halogens is 1. The predicted molar refractivity (Wildman–Crippen MR) is 113 cm³/mol. The molecular weight excluding hydrogens is 415 g/mol. The zero-order chi connectivity index (χ0) is 22.3. The fourth-order valence-corrected chi connectivity index (χ4v) is 4.69. The van der Waals surface area contributed by atoms with Gasteiger partial charge in [-0.1, -0.05) is 13.8 Å². The molecule has 8 nitrogen and oxygen atoms in total. The Hall–Kier alpha value is -0.490. The molecule has 0 unspecified atom stereocenters. The van der Waals surface area contributed by atoms with Gasteiger partial charge in [0.2, 0.25) is 5.91 Å². The van der Waals surface area contributed by atoms with Crippen LogP contribution in [0.2, 0.25) is 0 Å².